The van der Waals surface area contributed by atoms with Crippen LogP contribution in [0.15, 0.2) is 0 Å². The minimum absolute atomic E-state index is 0.299. The maximum Gasteiger partial charge on any atom is 0.542 e. The van der Waals surface area contributed by atoms with Crippen molar-refractivity contribution in [3.8, 4) is 0 Å². The molecule has 0 saturated heterocycles. The highest BCUT2D eigenvalue weighted by Crippen LogP contribution is 2.11. The summed E-state index contributed by atoms with van der Waals surface area (Å²) in [6, 6.07) is -0.299. The number of hydrogen-bond acceptors (Lipinski definition) is 0. The van der Waals surface area contributed by atoms with E-state index in [1.807, 2.05) is 0 Å². The number of aliphatic hydroxyl groups is 1. The Morgan fingerprint density at radius 2 is 2.00 bits per heavy atom. The molecule has 3 heteroatoms. The van der Waals surface area contributed by atoms with Crippen molar-refractivity contribution in [1.29, 1.82) is 0 Å². The van der Waals surface area contributed by atoms with Gasteiger partial charge in [0, 0.05) is 12.8 Å². The molecular formula is C6H11N2O+. The summed E-state index contributed by atoms with van der Waals surface area (Å²) in [5.41, 5.74) is 5.99. The molecule has 0 unspecified atom stereocenters. The topological polar surface area (TPSA) is 60.4 Å². The van der Waals surface area contributed by atoms with Crippen molar-refractivity contribution in [3.63, 3.8) is 0 Å². The summed E-state index contributed by atoms with van der Waals surface area (Å²) in [5.74, 6) is 0. The molecule has 0 aromatic heterocycles. The summed E-state index contributed by atoms with van der Waals surface area (Å²) in [7, 11) is 0. The fourth-order valence-corrected chi connectivity index (χ4v) is 1.06. The number of nitrogens with two attached hydrogens (primary N) is 1. The first-order valence-corrected chi connectivity index (χ1v) is 3.17. The first kappa shape index (κ1) is 6.17. The van der Waals surface area contributed by atoms with Crippen LogP contribution in [0.25, 0.3) is 0 Å². The molecule has 1 aliphatic rings. The smallest absolute Gasteiger partial charge is 0.434 e. The van der Waals surface area contributed by atoms with Gasteiger partial charge in [-0.3, -0.25) is 0 Å². The third-order valence-electron chi connectivity index (χ3n) is 1.45. The third-order valence-corrected chi connectivity index (χ3v) is 1.45. The molecule has 0 atom stereocenters. The van der Waals surface area contributed by atoms with Crippen molar-refractivity contribution in [2.24, 2.45) is 5.73 Å². The van der Waals surface area contributed by atoms with Gasteiger partial charge < -0.3 is 5.11 Å². The lowest BCUT2D eigenvalue weighted by Gasteiger charge is -1.75. The van der Waals surface area contributed by atoms with Crippen molar-refractivity contribution in [2.45, 2.75) is 25.7 Å². The van der Waals surface area contributed by atoms with Gasteiger partial charge in [-0.05, 0) is 12.8 Å². The predicted molar refractivity (Wildman–Crippen MR) is 37.4 cm³/mol. The zero-order chi connectivity index (χ0) is 6.69. The van der Waals surface area contributed by atoms with E-state index in [-0.39, 0.29) is 6.02 Å². The molecule has 3 nitrogen and oxygen atoms in total. The largest absolute Gasteiger partial charge is 0.542 e. The minimum Gasteiger partial charge on any atom is -0.434 e. The molecule has 0 amide bonds. The second kappa shape index (κ2) is 2.55. The van der Waals surface area contributed by atoms with Crippen molar-refractivity contribution in [1.82, 2.24) is 4.67 Å². The Hall–Kier alpha value is -0.950. The van der Waals surface area contributed by atoms with Gasteiger partial charge in [0.2, 0.25) is 0 Å². The van der Waals surface area contributed by atoms with E-state index in [4.69, 9.17) is 10.8 Å². The lowest BCUT2D eigenvalue weighted by atomic mass is 10.3. The number of amidine groups is 1. The minimum atomic E-state index is -0.299. The highest BCUT2D eigenvalue weighted by Gasteiger charge is 2.12. The average Bonchev–Trinajstić information content (AvgIpc) is 2.15. The molecule has 0 aromatic rings. The van der Waals surface area contributed by atoms with E-state index in [1.54, 1.807) is 0 Å². The fourth-order valence-electron chi connectivity index (χ4n) is 1.06. The first-order chi connectivity index (χ1) is 4.29. The number of nitrogens with zero attached hydrogens (tertiary/aromatic N) is 1. The molecule has 0 bridgehead atoms. The molecule has 1 fully saturated rings. The fraction of sp³-hybridized carbons (Fsp3) is 0.667. The van der Waals surface area contributed by atoms with Crippen LogP contribution in [0.5, 0.6) is 0 Å². The quantitative estimate of drug-likeness (QED) is 0.272. The van der Waals surface area contributed by atoms with Gasteiger partial charge in [-0.2, -0.15) is 4.67 Å². The molecule has 3 N–H and O–H groups in total. The molecule has 1 rings (SSSR count). The molecule has 1 saturated carbocycles. The molecular weight excluding hydrogens is 116 g/mol. The molecule has 9 heavy (non-hydrogen) atoms. The summed E-state index contributed by atoms with van der Waals surface area (Å²) in [5, 5.41) is 8.52. The van der Waals surface area contributed by atoms with Crippen LogP contribution >= 0.6 is 0 Å². The maximum absolute atomic E-state index is 8.52. The Balaban J connectivity index is 2.70. The van der Waals surface area contributed by atoms with Crippen molar-refractivity contribution in [3.05, 3.63) is 0 Å². The SMILES string of the molecule is NC(O)=[N+]=C1CCCC1. The second-order valence-corrected chi connectivity index (χ2v) is 2.24. The van der Waals surface area contributed by atoms with Crippen LogP contribution in [0, 0.1) is 0 Å². The van der Waals surface area contributed by atoms with Crippen LogP contribution < -0.4 is 10.4 Å². The van der Waals surface area contributed by atoms with E-state index in [0.717, 1.165) is 18.6 Å². The van der Waals surface area contributed by atoms with Gasteiger partial charge in [0.05, 0.1) is 0 Å². The summed E-state index contributed by atoms with van der Waals surface area (Å²) in [6.07, 6.45) is 4.38. The molecule has 50 valence electrons. The normalized spacial score (nSPS) is 17.6. The third kappa shape index (κ3) is 1.78. The van der Waals surface area contributed by atoms with Gasteiger partial charge in [0.25, 0.3) is 0 Å². The van der Waals surface area contributed by atoms with E-state index in [9.17, 15) is 0 Å². The highest BCUT2D eigenvalue weighted by atomic mass is 16.3. The van der Waals surface area contributed by atoms with Crippen molar-refractivity contribution in [2.75, 3.05) is 0 Å². The molecule has 0 aromatic carbocycles. The van der Waals surface area contributed by atoms with Crippen molar-refractivity contribution < 1.29 is 5.11 Å². The average molecular weight is 127 g/mol. The maximum atomic E-state index is 8.52. The standard InChI is InChI=1S/C6H10N2O/c7-6(9)8-5-3-1-2-4-5/h1-4H2,(H2,7,9)/p+1. The molecule has 0 radical (unpaired) electrons. The van der Waals surface area contributed by atoms with Gasteiger partial charge >= 0.3 is 6.02 Å². The summed E-state index contributed by atoms with van der Waals surface area (Å²) >= 11 is 0. The zero-order valence-corrected chi connectivity index (χ0v) is 5.30. The Labute approximate surface area is 53.9 Å². The number of rotatable bonds is 0. The van der Waals surface area contributed by atoms with Crippen LogP contribution in [0.3, 0.4) is 0 Å². The number of hydrogen-bond donors (Lipinski definition) is 2. The van der Waals surface area contributed by atoms with Crippen LogP contribution in [0.1, 0.15) is 25.7 Å². The van der Waals surface area contributed by atoms with Crippen LogP contribution in [0.2, 0.25) is 0 Å². The van der Waals surface area contributed by atoms with Gasteiger partial charge in [-0.25, -0.2) is 5.73 Å². The summed E-state index contributed by atoms with van der Waals surface area (Å²) in [4.78, 5) is 0. The van der Waals surface area contributed by atoms with Gasteiger partial charge in [-0.1, -0.05) is 0 Å². The molecule has 0 spiro atoms. The Kier molecular flexibility index (Phi) is 1.75. The molecule has 0 aliphatic heterocycles. The van der Waals surface area contributed by atoms with Crippen LogP contribution in [-0.4, -0.2) is 16.8 Å². The summed E-state index contributed by atoms with van der Waals surface area (Å²) in [6.45, 7) is 0. The monoisotopic (exact) mass is 127 g/mol. The molecule has 1 aliphatic carbocycles. The first-order valence-electron chi connectivity index (χ1n) is 3.17. The van der Waals surface area contributed by atoms with E-state index in [0.29, 0.717) is 0 Å². The second-order valence-electron chi connectivity index (χ2n) is 2.24. The Bertz CT molecular complexity index is 156. The highest BCUT2D eigenvalue weighted by molar-refractivity contribution is 5.89. The zero-order valence-electron chi connectivity index (χ0n) is 5.30. The van der Waals surface area contributed by atoms with Gasteiger partial charge in [0.1, 0.15) is 0 Å². The van der Waals surface area contributed by atoms with Crippen molar-refractivity contribution >= 4 is 11.7 Å². The number of aliphatic hydroxyl groups excluding tert-OH is 1. The van der Waals surface area contributed by atoms with Gasteiger partial charge in [0.15, 0.2) is 5.71 Å². The van der Waals surface area contributed by atoms with Crippen LogP contribution in [-0.2, 0) is 0 Å². The van der Waals surface area contributed by atoms with E-state index in [1.165, 1.54) is 12.8 Å². The Morgan fingerprint density at radius 1 is 1.44 bits per heavy atom. The Morgan fingerprint density at radius 3 is 2.44 bits per heavy atom. The van der Waals surface area contributed by atoms with Crippen LogP contribution in [0.4, 0.5) is 0 Å². The lowest BCUT2D eigenvalue weighted by molar-refractivity contribution is 0.542. The van der Waals surface area contributed by atoms with E-state index >= 15 is 0 Å². The lowest BCUT2D eigenvalue weighted by Crippen LogP contribution is -2.15. The summed E-state index contributed by atoms with van der Waals surface area (Å²) < 4.78 is 3.74. The predicted octanol–water partition coefficient (Wildman–Crippen LogP) is -0.0587. The van der Waals surface area contributed by atoms with Gasteiger partial charge in [-0.15, -0.1) is 0 Å². The molecule has 0 heterocycles. The van der Waals surface area contributed by atoms with E-state index in [2.05, 4.69) is 4.67 Å². The van der Waals surface area contributed by atoms with E-state index < -0.39 is 0 Å².